The average molecular weight is 214 g/mol. The van der Waals surface area contributed by atoms with Gasteiger partial charge in [0.1, 0.15) is 5.03 Å². The van der Waals surface area contributed by atoms with Crippen molar-refractivity contribution in [3.63, 3.8) is 0 Å². The summed E-state index contributed by atoms with van der Waals surface area (Å²) < 4.78 is 4.87. The van der Waals surface area contributed by atoms with Crippen molar-refractivity contribution in [1.82, 2.24) is 0 Å². The molecule has 0 bridgehead atoms. The van der Waals surface area contributed by atoms with Gasteiger partial charge in [-0.2, -0.15) is 0 Å². The van der Waals surface area contributed by atoms with Gasteiger partial charge in [-0.1, -0.05) is 37.9 Å². The predicted octanol–water partition coefficient (Wildman–Crippen LogP) is 3.35. The number of aliphatic imine (C=N–C) groups is 1. The maximum absolute atomic E-state index is 5.69. The van der Waals surface area contributed by atoms with E-state index in [0.717, 1.165) is 0 Å². The van der Waals surface area contributed by atoms with Crippen LogP contribution in [0.25, 0.3) is 0 Å². The molecule has 0 unspecified atom stereocenters. The zero-order valence-corrected chi connectivity index (χ0v) is 9.85. The number of halogens is 1. The third-order valence-electron chi connectivity index (χ3n) is 1.06. The second-order valence-corrected chi connectivity index (χ2v) is 2.31. The van der Waals surface area contributed by atoms with Gasteiger partial charge in [0.05, 0.1) is 12.8 Å². The summed E-state index contributed by atoms with van der Waals surface area (Å²) in [5, 5.41) is 0.340. The first-order chi connectivity index (χ1) is 6.65. The van der Waals surface area contributed by atoms with Crippen LogP contribution in [-0.2, 0) is 4.74 Å². The van der Waals surface area contributed by atoms with Gasteiger partial charge < -0.3 is 4.74 Å². The van der Waals surface area contributed by atoms with Gasteiger partial charge in [-0.15, -0.1) is 6.42 Å². The van der Waals surface area contributed by atoms with Gasteiger partial charge in [-0.25, -0.2) is 4.99 Å². The molecule has 78 valence electrons. The molecule has 0 aromatic heterocycles. The highest BCUT2D eigenvalue weighted by Crippen LogP contribution is 2.12. The molecule has 0 rings (SSSR count). The number of hydrogen-bond acceptors (Lipinski definition) is 2. The highest BCUT2D eigenvalue weighted by molar-refractivity contribution is 6.31. The number of hydrogen-bond donors (Lipinski definition) is 0. The van der Waals surface area contributed by atoms with Crippen LogP contribution in [0.1, 0.15) is 20.8 Å². The highest BCUT2D eigenvalue weighted by atomic mass is 35.5. The SMILES string of the molecule is C#C/C(C)=N/C(OC)=C(/Cl)C=C.CC. The van der Waals surface area contributed by atoms with Crippen LogP contribution in [-0.4, -0.2) is 12.8 Å². The maximum atomic E-state index is 5.69. The van der Waals surface area contributed by atoms with Crippen LogP contribution < -0.4 is 0 Å². The minimum atomic E-state index is 0.280. The van der Waals surface area contributed by atoms with Crippen molar-refractivity contribution in [3.05, 3.63) is 23.6 Å². The van der Waals surface area contributed by atoms with E-state index in [9.17, 15) is 0 Å². The number of methoxy groups -OCH3 is 1. The van der Waals surface area contributed by atoms with Gasteiger partial charge in [-0.05, 0) is 13.0 Å². The summed E-state index contributed by atoms with van der Waals surface area (Å²) in [6.45, 7) is 9.16. The van der Waals surface area contributed by atoms with Crippen LogP contribution in [0.15, 0.2) is 28.6 Å². The second-order valence-electron chi connectivity index (χ2n) is 1.90. The molecule has 0 aliphatic carbocycles. The lowest BCUT2D eigenvalue weighted by Gasteiger charge is -2.00. The summed E-state index contributed by atoms with van der Waals surface area (Å²) in [7, 11) is 1.47. The van der Waals surface area contributed by atoms with E-state index in [-0.39, 0.29) is 5.88 Å². The Balaban J connectivity index is 0. The Morgan fingerprint density at radius 1 is 1.57 bits per heavy atom. The fraction of sp³-hybridized carbons (Fsp3) is 0.364. The van der Waals surface area contributed by atoms with E-state index >= 15 is 0 Å². The van der Waals surface area contributed by atoms with Crippen LogP contribution in [0.2, 0.25) is 0 Å². The Hall–Kier alpha value is -1.20. The van der Waals surface area contributed by atoms with E-state index in [4.69, 9.17) is 22.8 Å². The Bertz CT molecular complexity index is 272. The summed E-state index contributed by atoms with van der Waals surface area (Å²) in [5.41, 5.74) is 0.506. The minimum Gasteiger partial charge on any atom is -0.480 e. The Morgan fingerprint density at radius 2 is 2.07 bits per heavy atom. The van der Waals surface area contributed by atoms with E-state index in [2.05, 4.69) is 17.5 Å². The monoisotopic (exact) mass is 213 g/mol. The molecule has 0 saturated carbocycles. The molecule has 0 radical (unpaired) electrons. The van der Waals surface area contributed by atoms with Gasteiger partial charge in [0, 0.05) is 0 Å². The fourth-order valence-corrected chi connectivity index (χ4v) is 0.588. The van der Waals surface area contributed by atoms with Crippen molar-refractivity contribution in [1.29, 1.82) is 0 Å². The third-order valence-corrected chi connectivity index (χ3v) is 1.37. The Kier molecular flexibility index (Phi) is 10.8. The Morgan fingerprint density at radius 3 is 2.36 bits per heavy atom. The van der Waals surface area contributed by atoms with Gasteiger partial charge in [-0.3, -0.25) is 0 Å². The first-order valence-electron chi connectivity index (χ1n) is 4.23. The molecule has 0 spiro atoms. The molecular weight excluding hydrogens is 198 g/mol. The summed E-state index contributed by atoms with van der Waals surface area (Å²) in [5.74, 6) is 2.63. The van der Waals surface area contributed by atoms with E-state index < -0.39 is 0 Å². The molecule has 0 aromatic carbocycles. The standard InChI is InChI=1S/C9H10ClNO.C2H6/c1-5-7(3)11-9(12-4)8(10)6-2;1-2/h1,6H,2H2,3-4H3;1-2H3/b9-8-,11-7+;. The first-order valence-corrected chi connectivity index (χ1v) is 4.61. The molecule has 0 N–H and O–H groups in total. The normalized spacial score (nSPS) is 11.6. The summed E-state index contributed by atoms with van der Waals surface area (Å²) >= 11 is 5.69. The van der Waals surface area contributed by atoms with E-state index in [1.165, 1.54) is 13.2 Å². The van der Waals surface area contributed by atoms with Crippen molar-refractivity contribution < 1.29 is 4.74 Å². The molecule has 0 aliphatic rings. The zero-order chi connectivity index (χ0) is 11.6. The lowest BCUT2D eigenvalue weighted by molar-refractivity contribution is 0.287. The Labute approximate surface area is 91.3 Å². The molecule has 0 heterocycles. The molecule has 0 atom stereocenters. The van der Waals surface area contributed by atoms with Crippen LogP contribution in [0.5, 0.6) is 0 Å². The van der Waals surface area contributed by atoms with Crippen LogP contribution >= 0.6 is 11.6 Å². The van der Waals surface area contributed by atoms with E-state index in [1.54, 1.807) is 6.92 Å². The summed E-state index contributed by atoms with van der Waals surface area (Å²) in [6, 6.07) is 0. The predicted molar refractivity (Wildman–Crippen MR) is 63.4 cm³/mol. The van der Waals surface area contributed by atoms with Crippen molar-refractivity contribution in [2.45, 2.75) is 20.8 Å². The van der Waals surface area contributed by atoms with Gasteiger partial charge >= 0.3 is 0 Å². The van der Waals surface area contributed by atoms with Crippen molar-refractivity contribution in [2.75, 3.05) is 7.11 Å². The second kappa shape index (κ2) is 9.88. The van der Waals surface area contributed by atoms with Crippen molar-refractivity contribution >= 4 is 17.3 Å². The lowest BCUT2D eigenvalue weighted by atomic mass is 10.4. The quantitative estimate of drug-likeness (QED) is 0.305. The average Bonchev–Trinajstić information content (AvgIpc) is 2.27. The summed E-state index contributed by atoms with van der Waals surface area (Å²) in [6.07, 6.45) is 6.53. The van der Waals surface area contributed by atoms with Crippen molar-refractivity contribution in [2.24, 2.45) is 4.99 Å². The molecule has 0 amide bonds. The smallest absolute Gasteiger partial charge is 0.233 e. The summed E-state index contributed by atoms with van der Waals surface area (Å²) in [4.78, 5) is 3.92. The first kappa shape index (κ1) is 15.3. The molecule has 14 heavy (non-hydrogen) atoms. The largest absolute Gasteiger partial charge is 0.480 e. The van der Waals surface area contributed by atoms with E-state index in [1.807, 2.05) is 13.8 Å². The minimum absolute atomic E-state index is 0.280. The number of nitrogens with zero attached hydrogens (tertiary/aromatic N) is 1. The van der Waals surface area contributed by atoms with Gasteiger partial charge in [0.15, 0.2) is 0 Å². The topological polar surface area (TPSA) is 21.6 Å². The lowest BCUT2D eigenvalue weighted by Crippen LogP contribution is -1.91. The zero-order valence-electron chi connectivity index (χ0n) is 9.10. The maximum Gasteiger partial charge on any atom is 0.233 e. The molecule has 0 aliphatic heterocycles. The van der Waals surface area contributed by atoms with Gasteiger partial charge in [0.2, 0.25) is 5.88 Å². The molecule has 2 nitrogen and oxygen atoms in total. The molecule has 0 saturated heterocycles. The van der Waals surface area contributed by atoms with Gasteiger partial charge in [0.25, 0.3) is 0 Å². The van der Waals surface area contributed by atoms with E-state index in [0.29, 0.717) is 10.7 Å². The van der Waals surface area contributed by atoms with Crippen molar-refractivity contribution in [3.8, 4) is 12.3 Å². The molecule has 3 heteroatoms. The van der Waals surface area contributed by atoms with Crippen LogP contribution in [0.3, 0.4) is 0 Å². The number of rotatable bonds is 3. The van der Waals surface area contributed by atoms with Crippen LogP contribution in [0.4, 0.5) is 0 Å². The number of allylic oxidation sites excluding steroid dienone is 2. The number of terminal acetylenes is 1. The highest BCUT2D eigenvalue weighted by Gasteiger charge is 1.98. The number of ether oxygens (including phenoxy) is 1. The molecular formula is C11H16ClNO. The van der Waals surface area contributed by atoms with Crippen LogP contribution in [0, 0.1) is 12.3 Å². The molecule has 0 aromatic rings. The fourth-order valence-electron chi connectivity index (χ4n) is 0.468. The molecule has 0 fully saturated rings. The third kappa shape index (κ3) is 6.33.